The number of hydrogen-bond acceptors (Lipinski definition) is 5. The smallest absolute Gasteiger partial charge is 0.326 e. The number of halogens is 3. The van der Waals surface area contributed by atoms with Gasteiger partial charge in [-0.05, 0) is 19.1 Å². The molecule has 0 bridgehead atoms. The number of fused-ring (bicyclic) bond motifs is 1. The number of para-hydroxylation sites is 2. The Morgan fingerprint density at radius 3 is 2.20 bits per heavy atom. The van der Waals surface area contributed by atoms with Gasteiger partial charge < -0.3 is 20.1 Å². The minimum absolute atomic E-state index is 0.101. The topological polar surface area (TPSA) is 119 Å². The zero-order valence-electron chi connectivity index (χ0n) is 18.9. The number of carboxylic acids is 2. The highest BCUT2D eigenvalue weighted by molar-refractivity contribution is 5.88. The summed E-state index contributed by atoms with van der Waals surface area (Å²) >= 11 is 0. The monoisotopic (exact) mass is 494 g/mol. The molecular weight excluding hydrogens is 469 g/mol. The maximum absolute atomic E-state index is 14.3. The van der Waals surface area contributed by atoms with Crippen LogP contribution in [0, 0.1) is 24.4 Å². The molecule has 0 radical (unpaired) electrons. The van der Waals surface area contributed by atoms with Gasteiger partial charge in [-0.1, -0.05) is 12.1 Å². The van der Waals surface area contributed by atoms with Crippen LogP contribution in [0.15, 0.2) is 35.1 Å². The van der Waals surface area contributed by atoms with E-state index in [9.17, 15) is 27.6 Å². The molecule has 0 aliphatic carbocycles. The first-order chi connectivity index (χ1) is 16.6. The van der Waals surface area contributed by atoms with Gasteiger partial charge >= 0.3 is 17.6 Å². The first kappa shape index (κ1) is 25.8. The van der Waals surface area contributed by atoms with Crippen LogP contribution >= 0.6 is 0 Å². The molecule has 0 saturated carbocycles. The van der Waals surface area contributed by atoms with Gasteiger partial charge in [0.1, 0.15) is 6.42 Å². The Labute approximate surface area is 198 Å². The number of piperazine rings is 1. The number of anilines is 1. The van der Waals surface area contributed by atoms with Gasteiger partial charge in [-0.2, -0.15) is 0 Å². The SMILES string of the molecule is Cc1c(F)c(F)cc(N2CCN(CCn3c(=O)[nH]c4ccccc43)CC2)c1F.O=C(O)CC(=O)O. The molecule has 1 fully saturated rings. The number of nitrogens with zero attached hydrogens (tertiary/aromatic N) is 3. The summed E-state index contributed by atoms with van der Waals surface area (Å²) in [6, 6.07) is 8.47. The number of carbonyl (C=O) groups is 2. The van der Waals surface area contributed by atoms with Gasteiger partial charge in [-0.25, -0.2) is 18.0 Å². The lowest BCUT2D eigenvalue weighted by molar-refractivity contribution is -0.147. The molecule has 0 spiro atoms. The summed E-state index contributed by atoms with van der Waals surface area (Å²) < 4.78 is 43.2. The van der Waals surface area contributed by atoms with Gasteiger partial charge in [-0.15, -0.1) is 0 Å². The van der Waals surface area contributed by atoms with Crippen molar-refractivity contribution in [3.8, 4) is 0 Å². The fourth-order valence-electron chi connectivity index (χ4n) is 3.86. The molecular formula is C23H25F3N4O5. The molecule has 2 aromatic carbocycles. The predicted octanol–water partition coefficient (Wildman–Crippen LogP) is 2.42. The summed E-state index contributed by atoms with van der Waals surface area (Å²) in [7, 11) is 0. The first-order valence-electron chi connectivity index (χ1n) is 10.8. The largest absolute Gasteiger partial charge is 0.481 e. The van der Waals surface area contributed by atoms with E-state index in [0.29, 0.717) is 39.3 Å². The second-order valence-electron chi connectivity index (χ2n) is 8.02. The molecule has 0 amide bonds. The number of hydrogen-bond donors (Lipinski definition) is 3. The lowest BCUT2D eigenvalue weighted by atomic mass is 10.1. The number of aromatic amines is 1. The van der Waals surface area contributed by atoms with Crippen LogP contribution in [-0.2, 0) is 16.1 Å². The molecule has 1 aliphatic heterocycles. The Hall–Kier alpha value is -3.80. The van der Waals surface area contributed by atoms with E-state index in [4.69, 9.17) is 10.2 Å². The van der Waals surface area contributed by atoms with Crippen molar-refractivity contribution in [1.29, 1.82) is 0 Å². The van der Waals surface area contributed by atoms with Crippen molar-refractivity contribution in [3.05, 3.63) is 63.8 Å². The predicted molar refractivity (Wildman–Crippen MR) is 122 cm³/mol. The molecule has 35 heavy (non-hydrogen) atoms. The molecule has 3 N–H and O–H groups in total. The Morgan fingerprint density at radius 1 is 0.971 bits per heavy atom. The summed E-state index contributed by atoms with van der Waals surface area (Å²) in [5, 5.41) is 15.4. The molecule has 0 atom stereocenters. The van der Waals surface area contributed by atoms with E-state index < -0.39 is 35.8 Å². The van der Waals surface area contributed by atoms with Crippen LogP contribution in [0.1, 0.15) is 12.0 Å². The maximum atomic E-state index is 14.3. The van der Waals surface area contributed by atoms with Gasteiger partial charge in [0.25, 0.3) is 0 Å². The molecule has 2 heterocycles. The van der Waals surface area contributed by atoms with Crippen LogP contribution in [0.4, 0.5) is 18.9 Å². The van der Waals surface area contributed by atoms with E-state index in [1.165, 1.54) is 6.92 Å². The number of carboxylic acid groups (broad SMARTS) is 2. The van der Waals surface area contributed by atoms with Crippen LogP contribution in [0.25, 0.3) is 11.0 Å². The van der Waals surface area contributed by atoms with Gasteiger partial charge in [-0.3, -0.25) is 19.1 Å². The molecule has 12 heteroatoms. The summed E-state index contributed by atoms with van der Waals surface area (Å²) in [5.74, 6) is -5.50. The molecule has 1 aliphatic rings. The van der Waals surface area contributed by atoms with Crippen LogP contribution in [0.2, 0.25) is 0 Å². The van der Waals surface area contributed by atoms with Crippen molar-refractivity contribution in [3.63, 3.8) is 0 Å². The number of H-pyrrole nitrogens is 1. The van der Waals surface area contributed by atoms with Gasteiger partial charge in [0.05, 0.1) is 16.7 Å². The van der Waals surface area contributed by atoms with Crippen molar-refractivity contribution in [2.75, 3.05) is 37.6 Å². The standard InChI is InChI=1S/C20H21F3N4O.C3H4O4/c1-13-18(22)14(21)12-17(19(13)23)26-9-6-25(7-10-26)8-11-27-16-5-3-2-4-15(16)24-20(27)28;4-2(5)1-3(6)7/h2-5,12H,6-11H2,1H3,(H,24,28);1H2,(H,4,5)(H,6,7). The summed E-state index contributed by atoms with van der Waals surface area (Å²) in [6.07, 6.45) is -0.806. The van der Waals surface area contributed by atoms with Crippen LogP contribution < -0.4 is 10.6 Å². The lowest BCUT2D eigenvalue weighted by Gasteiger charge is -2.36. The van der Waals surface area contributed by atoms with Gasteiger partial charge in [0, 0.05) is 50.9 Å². The number of benzene rings is 2. The molecule has 0 unspecified atom stereocenters. The molecule has 188 valence electrons. The van der Waals surface area contributed by atoms with Crippen LogP contribution in [-0.4, -0.2) is 69.3 Å². The highest BCUT2D eigenvalue weighted by atomic mass is 19.2. The van der Waals surface area contributed by atoms with E-state index in [1.807, 2.05) is 24.3 Å². The number of aliphatic carboxylic acids is 2. The van der Waals surface area contributed by atoms with Crippen molar-refractivity contribution in [2.45, 2.75) is 19.9 Å². The Balaban J connectivity index is 0.000000429. The lowest BCUT2D eigenvalue weighted by Crippen LogP contribution is -2.47. The van der Waals surface area contributed by atoms with E-state index >= 15 is 0 Å². The molecule has 1 saturated heterocycles. The van der Waals surface area contributed by atoms with Crippen molar-refractivity contribution in [2.24, 2.45) is 0 Å². The van der Waals surface area contributed by atoms with E-state index in [-0.39, 0.29) is 16.9 Å². The zero-order valence-corrected chi connectivity index (χ0v) is 18.9. The first-order valence-corrected chi connectivity index (χ1v) is 10.8. The third-order valence-corrected chi connectivity index (χ3v) is 5.69. The highest BCUT2D eigenvalue weighted by Crippen LogP contribution is 2.27. The minimum Gasteiger partial charge on any atom is -0.481 e. The van der Waals surface area contributed by atoms with Gasteiger partial charge in [0.2, 0.25) is 0 Å². The zero-order chi connectivity index (χ0) is 25.7. The number of rotatable bonds is 6. The molecule has 9 nitrogen and oxygen atoms in total. The second kappa shape index (κ2) is 11.1. The van der Waals surface area contributed by atoms with Gasteiger partial charge in [0.15, 0.2) is 17.5 Å². The average molecular weight is 494 g/mol. The Morgan fingerprint density at radius 2 is 1.60 bits per heavy atom. The normalized spacial score (nSPS) is 14.0. The summed E-state index contributed by atoms with van der Waals surface area (Å²) in [4.78, 5) is 37.8. The molecule has 1 aromatic heterocycles. The average Bonchev–Trinajstić information content (AvgIpc) is 3.13. The molecule has 3 aromatic rings. The van der Waals surface area contributed by atoms with Crippen LogP contribution in [0.5, 0.6) is 0 Å². The number of imidazole rings is 1. The molecule has 4 rings (SSSR count). The van der Waals surface area contributed by atoms with Crippen molar-refractivity contribution >= 4 is 28.7 Å². The number of aromatic nitrogens is 2. The second-order valence-corrected chi connectivity index (χ2v) is 8.02. The van der Waals surface area contributed by atoms with Crippen molar-refractivity contribution in [1.82, 2.24) is 14.5 Å². The third kappa shape index (κ3) is 6.21. The van der Waals surface area contributed by atoms with Crippen LogP contribution in [0.3, 0.4) is 0 Å². The summed E-state index contributed by atoms with van der Waals surface area (Å²) in [6.45, 7) is 4.76. The Bertz CT molecular complexity index is 1270. The quantitative estimate of drug-likeness (QED) is 0.356. The van der Waals surface area contributed by atoms with E-state index in [0.717, 1.165) is 17.1 Å². The minimum atomic E-state index is -1.31. The maximum Gasteiger partial charge on any atom is 0.326 e. The number of nitrogens with one attached hydrogen (secondary N) is 1. The highest BCUT2D eigenvalue weighted by Gasteiger charge is 2.23. The van der Waals surface area contributed by atoms with E-state index in [2.05, 4.69) is 9.88 Å². The van der Waals surface area contributed by atoms with Crippen molar-refractivity contribution < 1.29 is 33.0 Å². The fraction of sp³-hybridized carbons (Fsp3) is 0.348. The third-order valence-electron chi connectivity index (χ3n) is 5.69. The summed E-state index contributed by atoms with van der Waals surface area (Å²) in [5.41, 5.74) is 1.34. The van der Waals surface area contributed by atoms with E-state index in [1.54, 1.807) is 9.47 Å². The fourth-order valence-corrected chi connectivity index (χ4v) is 3.86. The Kier molecular flexibility index (Phi) is 8.18.